The van der Waals surface area contributed by atoms with Crippen LogP contribution in [-0.2, 0) is 17.4 Å². The van der Waals surface area contributed by atoms with Crippen LogP contribution in [0.15, 0.2) is 91.4 Å². The van der Waals surface area contributed by atoms with Crippen molar-refractivity contribution in [2.45, 2.75) is 57.9 Å². The van der Waals surface area contributed by atoms with E-state index in [-0.39, 0.29) is 10.8 Å². The minimum atomic E-state index is 0.0321. The average molecular weight is 448 g/mol. The summed E-state index contributed by atoms with van der Waals surface area (Å²) in [5.74, 6) is 0. The summed E-state index contributed by atoms with van der Waals surface area (Å²) in [6.45, 7) is 10.3. The van der Waals surface area contributed by atoms with Gasteiger partial charge >= 0.3 is 0 Å². The summed E-state index contributed by atoms with van der Waals surface area (Å²) in [5.41, 5.74) is 7.44. The van der Waals surface area contributed by atoms with Crippen LogP contribution in [0.5, 0.6) is 0 Å². The molecule has 5 rings (SSSR count). The van der Waals surface area contributed by atoms with Gasteiger partial charge < -0.3 is 4.57 Å². The van der Waals surface area contributed by atoms with Crippen molar-refractivity contribution in [3.8, 4) is 0 Å². The molecule has 0 fully saturated rings. The lowest BCUT2D eigenvalue weighted by Gasteiger charge is -2.32. The Balaban J connectivity index is 1.40. The first-order valence-corrected chi connectivity index (χ1v) is 12.2. The maximum absolute atomic E-state index is 4.71. The number of imidazole rings is 1. The van der Waals surface area contributed by atoms with Crippen LogP contribution in [0.1, 0.15) is 57.2 Å². The number of pyridine rings is 1. The molecular formula is C31H33N3. The Bertz CT molecular complexity index is 1420. The molecule has 0 saturated carbocycles. The predicted molar refractivity (Wildman–Crippen MR) is 142 cm³/mol. The normalized spacial score (nSPS) is 12.5. The van der Waals surface area contributed by atoms with Gasteiger partial charge in [-0.15, -0.1) is 0 Å². The van der Waals surface area contributed by atoms with Gasteiger partial charge in [0.15, 0.2) is 0 Å². The fourth-order valence-electron chi connectivity index (χ4n) is 4.94. The third-order valence-electron chi connectivity index (χ3n) is 7.34. The van der Waals surface area contributed by atoms with Crippen molar-refractivity contribution in [1.29, 1.82) is 0 Å². The molecule has 3 heteroatoms. The van der Waals surface area contributed by atoms with Gasteiger partial charge in [-0.2, -0.15) is 0 Å². The van der Waals surface area contributed by atoms with Gasteiger partial charge in [0.2, 0.25) is 0 Å². The molecule has 0 N–H and O–H groups in total. The molecule has 2 heterocycles. The number of fused-ring (bicyclic) bond motifs is 2. The van der Waals surface area contributed by atoms with Gasteiger partial charge in [-0.1, -0.05) is 88.4 Å². The fraction of sp³-hybridized carbons (Fsp3) is 0.290. The lowest BCUT2D eigenvalue weighted by atomic mass is 9.72. The number of nitrogens with zero attached hydrogens (tertiary/aromatic N) is 3. The Hall–Kier alpha value is -3.46. The SMILES string of the molecule is CC(C)(CCC(C)(C)c1cccc2cccnc12)c1ccc2ncn(Cc3ccccc3)c2c1. The quantitative estimate of drug-likeness (QED) is 0.256. The first-order chi connectivity index (χ1) is 16.3. The molecule has 172 valence electrons. The molecule has 0 aliphatic rings. The predicted octanol–water partition coefficient (Wildman–Crippen LogP) is 7.67. The topological polar surface area (TPSA) is 30.7 Å². The maximum Gasteiger partial charge on any atom is 0.0961 e. The van der Waals surface area contributed by atoms with E-state index in [0.29, 0.717) is 0 Å². The van der Waals surface area contributed by atoms with E-state index in [2.05, 4.69) is 110 Å². The number of para-hydroxylation sites is 1. The van der Waals surface area contributed by atoms with Crippen LogP contribution in [0.25, 0.3) is 21.9 Å². The summed E-state index contributed by atoms with van der Waals surface area (Å²) < 4.78 is 2.26. The van der Waals surface area contributed by atoms with Crippen LogP contribution in [0.2, 0.25) is 0 Å². The van der Waals surface area contributed by atoms with Crippen molar-refractivity contribution in [3.05, 3.63) is 108 Å². The lowest BCUT2D eigenvalue weighted by Crippen LogP contribution is -2.24. The third kappa shape index (κ3) is 4.35. The Morgan fingerprint density at radius 2 is 1.50 bits per heavy atom. The molecule has 5 aromatic rings. The van der Waals surface area contributed by atoms with Crippen LogP contribution < -0.4 is 0 Å². The molecule has 0 spiro atoms. The lowest BCUT2D eigenvalue weighted by molar-refractivity contribution is 0.376. The molecule has 0 unspecified atom stereocenters. The summed E-state index contributed by atoms with van der Waals surface area (Å²) in [6, 6.07) is 28.1. The zero-order valence-corrected chi connectivity index (χ0v) is 20.6. The van der Waals surface area contributed by atoms with E-state index in [1.807, 2.05) is 18.6 Å². The number of hydrogen-bond donors (Lipinski definition) is 0. The molecule has 0 aliphatic carbocycles. The van der Waals surface area contributed by atoms with Gasteiger partial charge in [-0.05, 0) is 58.6 Å². The molecule has 0 aliphatic heterocycles. The number of rotatable bonds is 7. The number of benzene rings is 3. The summed E-state index contributed by atoms with van der Waals surface area (Å²) in [4.78, 5) is 9.36. The van der Waals surface area contributed by atoms with Crippen LogP contribution in [-0.4, -0.2) is 14.5 Å². The Morgan fingerprint density at radius 3 is 2.32 bits per heavy atom. The zero-order valence-electron chi connectivity index (χ0n) is 20.6. The third-order valence-corrected chi connectivity index (χ3v) is 7.34. The Labute approximate surface area is 202 Å². The highest BCUT2D eigenvalue weighted by Gasteiger charge is 2.29. The average Bonchev–Trinajstić information content (AvgIpc) is 3.25. The summed E-state index contributed by atoms with van der Waals surface area (Å²) in [7, 11) is 0. The second-order valence-corrected chi connectivity index (χ2v) is 10.7. The van der Waals surface area contributed by atoms with E-state index in [9.17, 15) is 0 Å². The summed E-state index contributed by atoms with van der Waals surface area (Å²) >= 11 is 0. The van der Waals surface area contributed by atoms with Crippen LogP contribution in [0.3, 0.4) is 0 Å². The highest BCUT2D eigenvalue weighted by Crippen LogP contribution is 2.38. The van der Waals surface area contributed by atoms with Crippen molar-refractivity contribution in [2.75, 3.05) is 0 Å². The second kappa shape index (κ2) is 8.72. The largest absolute Gasteiger partial charge is 0.326 e. The molecule has 0 amide bonds. The molecule has 0 saturated heterocycles. The van der Waals surface area contributed by atoms with E-state index < -0.39 is 0 Å². The van der Waals surface area contributed by atoms with E-state index in [1.165, 1.54) is 27.6 Å². The van der Waals surface area contributed by atoms with Gasteiger partial charge in [0, 0.05) is 18.1 Å². The first kappa shape index (κ1) is 22.3. The second-order valence-electron chi connectivity index (χ2n) is 10.7. The van der Waals surface area contributed by atoms with Crippen molar-refractivity contribution < 1.29 is 0 Å². The molecule has 34 heavy (non-hydrogen) atoms. The van der Waals surface area contributed by atoms with Crippen molar-refractivity contribution in [3.63, 3.8) is 0 Å². The fourth-order valence-corrected chi connectivity index (χ4v) is 4.94. The number of hydrogen-bond acceptors (Lipinski definition) is 2. The van der Waals surface area contributed by atoms with Gasteiger partial charge in [0.1, 0.15) is 0 Å². The first-order valence-electron chi connectivity index (χ1n) is 12.2. The number of aromatic nitrogens is 3. The summed E-state index contributed by atoms with van der Waals surface area (Å²) in [6.07, 6.45) is 6.03. The van der Waals surface area contributed by atoms with E-state index in [0.717, 1.165) is 30.4 Å². The molecular weight excluding hydrogens is 414 g/mol. The molecule has 2 aromatic heterocycles. The van der Waals surface area contributed by atoms with Crippen molar-refractivity contribution in [1.82, 2.24) is 14.5 Å². The van der Waals surface area contributed by atoms with Crippen molar-refractivity contribution >= 4 is 21.9 Å². The molecule has 0 radical (unpaired) electrons. The Morgan fingerprint density at radius 1 is 0.735 bits per heavy atom. The maximum atomic E-state index is 4.71. The molecule has 0 atom stereocenters. The smallest absolute Gasteiger partial charge is 0.0961 e. The van der Waals surface area contributed by atoms with Gasteiger partial charge in [0.25, 0.3) is 0 Å². The van der Waals surface area contributed by atoms with Crippen LogP contribution >= 0.6 is 0 Å². The minimum Gasteiger partial charge on any atom is -0.326 e. The van der Waals surface area contributed by atoms with E-state index in [4.69, 9.17) is 4.98 Å². The van der Waals surface area contributed by atoms with Gasteiger partial charge in [0.05, 0.1) is 22.9 Å². The summed E-state index contributed by atoms with van der Waals surface area (Å²) in [5, 5.41) is 1.21. The Kier molecular flexibility index (Phi) is 5.73. The van der Waals surface area contributed by atoms with E-state index in [1.54, 1.807) is 0 Å². The minimum absolute atomic E-state index is 0.0321. The standard InChI is InChI=1S/C31H33N3/c1-30(2,17-18-31(3,4)26-14-8-12-24-13-9-19-32-29(24)26)25-15-16-27-28(20-25)34(22-33-27)21-23-10-6-5-7-11-23/h5-16,19-20,22H,17-18,21H2,1-4H3. The van der Waals surface area contributed by atoms with Crippen LogP contribution in [0, 0.1) is 0 Å². The zero-order chi connectivity index (χ0) is 23.8. The molecule has 3 aromatic carbocycles. The van der Waals surface area contributed by atoms with Gasteiger partial charge in [-0.25, -0.2) is 4.98 Å². The molecule has 0 bridgehead atoms. The monoisotopic (exact) mass is 447 g/mol. The van der Waals surface area contributed by atoms with Crippen LogP contribution in [0.4, 0.5) is 0 Å². The highest BCUT2D eigenvalue weighted by atomic mass is 15.0. The van der Waals surface area contributed by atoms with Crippen molar-refractivity contribution in [2.24, 2.45) is 0 Å². The molecule has 3 nitrogen and oxygen atoms in total. The highest BCUT2D eigenvalue weighted by molar-refractivity contribution is 5.82. The van der Waals surface area contributed by atoms with Gasteiger partial charge in [-0.3, -0.25) is 4.98 Å². The van der Waals surface area contributed by atoms with E-state index >= 15 is 0 Å².